The van der Waals surface area contributed by atoms with Crippen molar-refractivity contribution in [3.05, 3.63) is 17.0 Å². The van der Waals surface area contributed by atoms with Crippen LogP contribution < -0.4 is 4.72 Å². The molecule has 1 unspecified atom stereocenters. The Hall–Kier alpha value is -1.00. The van der Waals surface area contributed by atoms with Crippen molar-refractivity contribution in [3.63, 3.8) is 0 Å². The minimum Gasteiger partial charge on any atom is -0.477 e. The molecule has 19 heavy (non-hydrogen) atoms. The van der Waals surface area contributed by atoms with E-state index >= 15 is 0 Å². The number of aliphatic hydroxyl groups is 1. The average Bonchev–Trinajstić information content (AvgIpc) is 2.96. The van der Waals surface area contributed by atoms with Crippen LogP contribution in [0.25, 0.3) is 0 Å². The van der Waals surface area contributed by atoms with Gasteiger partial charge in [-0.15, -0.1) is 11.3 Å². The van der Waals surface area contributed by atoms with Crippen molar-refractivity contribution in [2.24, 2.45) is 0 Å². The first-order chi connectivity index (χ1) is 8.82. The lowest BCUT2D eigenvalue weighted by molar-refractivity contribution is 0.0314. The molecule has 0 spiro atoms. The maximum absolute atomic E-state index is 11.9. The summed E-state index contributed by atoms with van der Waals surface area (Å²) in [5.41, 5.74) is -1.19. The third kappa shape index (κ3) is 3.31. The van der Waals surface area contributed by atoms with Gasteiger partial charge in [0.05, 0.1) is 6.61 Å². The van der Waals surface area contributed by atoms with Crippen molar-refractivity contribution in [3.8, 4) is 0 Å². The van der Waals surface area contributed by atoms with E-state index in [-0.39, 0.29) is 22.2 Å². The molecule has 0 aromatic carbocycles. The smallest absolute Gasteiger partial charge is 0.345 e. The average molecular weight is 307 g/mol. The second-order valence-corrected chi connectivity index (χ2v) is 7.35. The van der Waals surface area contributed by atoms with Crippen molar-refractivity contribution in [1.29, 1.82) is 0 Å². The van der Waals surface area contributed by atoms with Crippen molar-refractivity contribution in [1.82, 2.24) is 4.72 Å². The molecule has 1 atom stereocenters. The number of thiophene rings is 1. The van der Waals surface area contributed by atoms with E-state index in [1.54, 1.807) is 0 Å². The molecule has 0 radical (unpaired) electrons. The highest BCUT2D eigenvalue weighted by molar-refractivity contribution is 7.91. The summed E-state index contributed by atoms with van der Waals surface area (Å²) >= 11 is 0.666. The topological polar surface area (TPSA) is 113 Å². The van der Waals surface area contributed by atoms with E-state index in [0.29, 0.717) is 24.4 Å². The summed E-state index contributed by atoms with van der Waals surface area (Å²) in [5, 5.41) is 18.7. The van der Waals surface area contributed by atoms with E-state index in [9.17, 15) is 18.3 Å². The van der Waals surface area contributed by atoms with Gasteiger partial charge in [-0.1, -0.05) is 0 Å². The number of carboxylic acid groups (broad SMARTS) is 1. The van der Waals surface area contributed by atoms with Gasteiger partial charge in [-0.3, -0.25) is 0 Å². The van der Waals surface area contributed by atoms with E-state index in [2.05, 4.69) is 4.72 Å². The molecule has 0 saturated carbocycles. The maximum atomic E-state index is 11.9. The molecule has 9 heteroatoms. The highest BCUT2D eigenvalue weighted by Crippen LogP contribution is 2.23. The second kappa shape index (κ2) is 5.17. The van der Waals surface area contributed by atoms with Crippen LogP contribution in [0.1, 0.15) is 16.1 Å². The molecule has 1 aliphatic heterocycles. The zero-order chi connectivity index (χ0) is 14.1. The summed E-state index contributed by atoms with van der Waals surface area (Å²) < 4.78 is 31.0. The van der Waals surface area contributed by atoms with Gasteiger partial charge in [-0.05, 0) is 12.1 Å². The number of carbonyl (C=O) groups is 1. The molecule has 1 aliphatic rings. The number of rotatable bonds is 5. The Morgan fingerprint density at radius 3 is 2.79 bits per heavy atom. The lowest BCUT2D eigenvalue weighted by Crippen LogP contribution is -2.43. The van der Waals surface area contributed by atoms with Gasteiger partial charge in [-0.25, -0.2) is 17.9 Å². The Morgan fingerprint density at radius 2 is 2.26 bits per heavy atom. The van der Waals surface area contributed by atoms with Crippen LogP contribution in [0.5, 0.6) is 0 Å². The van der Waals surface area contributed by atoms with E-state index in [4.69, 9.17) is 9.84 Å². The Morgan fingerprint density at radius 1 is 1.53 bits per heavy atom. The summed E-state index contributed by atoms with van der Waals surface area (Å²) in [4.78, 5) is 10.6. The minimum absolute atomic E-state index is 0.0525. The molecule has 1 fully saturated rings. The van der Waals surface area contributed by atoms with Crippen LogP contribution >= 0.6 is 11.3 Å². The predicted molar refractivity (Wildman–Crippen MR) is 66.9 cm³/mol. The quantitative estimate of drug-likeness (QED) is 0.699. The van der Waals surface area contributed by atoms with Crippen LogP contribution in [-0.2, 0) is 14.8 Å². The first-order valence-corrected chi connectivity index (χ1v) is 7.75. The lowest BCUT2D eigenvalue weighted by Gasteiger charge is -2.20. The largest absolute Gasteiger partial charge is 0.477 e. The molecular weight excluding hydrogens is 294 g/mol. The first kappa shape index (κ1) is 14.4. The summed E-state index contributed by atoms with van der Waals surface area (Å²) in [6.07, 6.45) is 0.361. The van der Waals surface area contributed by atoms with Gasteiger partial charge in [0.2, 0.25) is 10.0 Å². The highest BCUT2D eigenvalue weighted by atomic mass is 32.2. The molecule has 1 aromatic rings. The Balaban J connectivity index is 2.07. The van der Waals surface area contributed by atoms with Gasteiger partial charge >= 0.3 is 5.97 Å². The predicted octanol–water partition coefficient (Wildman–Crippen LogP) is -0.124. The molecule has 1 aromatic heterocycles. The summed E-state index contributed by atoms with van der Waals surface area (Å²) in [5.74, 6) is -1.17. The number of nitrogens with one attached hydrogen (secondary N) is 1. The number of aromatic carboxylic acids is 1. The molecule has 3 N–H and O–H groups in total. The standard InChI is InChI=1S/C10H13NO6S2/c12-9(13)7-1-2-8(18-7)19(15,16)11-5-10(14)3-4-17-6-10/h1-2,11,14H,3-6H2,(H,12,13). The fourth-order valence-electron chi connectivity index (χ4n) is 1.62. The fourth-order valence-corrected chi connectivity index (χ4v) is 3.93. The van der Waals surface area contributed by atoms with Gasteiger partial charge in [0.1, 0.15) is 14.7 Å². The molecule has 106 valence electrons. The summed E-state index contributed by atoms with van der Waals surface area (Å²) in [6.45, 7) is 0.316. The van der Waals surface area contributed by atoms with Crippen molar-refractivity contribution in [2.75, 3.05) is 19.8 Å². The van der Waals surface area contributed by atoms with Crippen LogP contribution in [0.15, 0.2) is 16.3 Å². The van der Waals surface area contributed by atoms with E-state index in [1.165, 1.54) is 12.1 Å². The first-order valence-electron chi connectivity index (χ1n) is 5.45. The third-order valence-corrected chi connectivity index (χ3v) is 5.70. The van der Waals surface area contributed by atoms with Crippen molar-refractivity contribution >= 4 is 27.3 Å². The number of ether oxygens (including phenoxy) is 1. The summed E-state index contributed by atoms with van der Waals surface area (Å²) in [7, 11) is -3.81. The minimum atomic E-state index is -3.81. The van der Waals surface area contributed by atoms with Gasteiger partial charge in [0, 0.05) is 19.6 Å². The Bertz CT molecular complexity index is 573. The molecule has 0 amide bonds. The van der Waals surface area contributed by atoms with Gasteiger partial charge in [0.15, 0.2) is 0 Å². The number of carboxylic acids is 1. The molecule has 1 saturated heterocycles. The van der Waals surface area contributed by atoms with Crippen LogP contribution in [0.3, 0.4) is 0 Å². The van der Waals surface area contributed by atoms with E-state index in [0.717, 1.165) is 0 Å². The monoisotopic (exact) mass is 307 g/mol. The van der Waals surface area contributed by atoms with Gasteiger partial charge in [-0.2, -0.15) is 0 Å². The third-order valence-electron chi connectivity index (χ3n) is 2.73. The van der Waals surface area contributed by atoms with E-state index in [1.807, 2.05) is 0 Å². The Kier molecular flexibility index (Phi) is 3.92. The van der Waals surface area contributed by atoms with Gasteiger partial charge in [0.25, 0.3) is 0 Å². The molecule has 2 rings (SSSR count). The molecule has 7 nitrogen and oxygen atoms in total. The lowest BCUT2D eigenvalue weighted by atomic mass is 10.1. The van der Waals surface area contributed by atoms with E-state index < -0.39 is 21.6 Å². The SMILES string of the molecule is O=C(O)c1ccc(S(=O)(=O)NCC2(O)CCOC2)s1. The number of hydrogen-bond donors (Lipinski definition) is 3. The normalized spacial score (nSPS) is 23.6. The summed E-state index contributed by atoms with van der Waals surface area (Å²) in [6, 6.07) is 2.46. The zero-order valence-corrected chi connectivity index (χ0v) is 11.5. The van der Waals surface area contributed by atoms with Crippen LogP contribution in [-0.4, -0.2) is 50.0 Å². The molecule has 2 heterocycles. The second-order valence-electron chi connectivity index (χ2n) is 4.28. The van der Waals surface area contributed by atoms with Crippen LogP contribution in [0.2, 0.25) is 0 Å². The highest BCUT2D eigenvalue weighted by Gasteiger charge is 2.34. The molecule has 0 aliphatic carbocycles. The Labute approximate surface area is 113 Å². The zero-order valence-electron chi connectivity index (χ0n) is 9.83. The molecular formula is C10H13NO6S2. The fraction of sp³-hybridized carbons (Fsp3) is 0.500. The van der Waals surface area contributed by atoms with Crippen molar-refractivity contribution in [2.45, 2.75) is 16.2 Å². The van der Waals surface area contributed by atoms with Gasteiger partial charge < -0.3 is 14.9 Å². The number of sulfonamides is 1. The van der Waals surface area contributed by atoms with Crippen LogP contribution in [0, 0.1) is 0 Å². The van der Waals surface area contributed by atoms with Crippen LogP contribution in [0.4, 0.5) is 0 Å². The number of hydrogen-bond acceptors (Lipinski definition) is 6. The van der Waals surface area contributed by atoms with Crippen molar-refractivity contribution < 1.29 is 28.2 Å². The maximum Gasteiger partial charge on any atom is 0.345 e. The molecule has 0 bridgehead atoms.